The van der Waals surface area contributed by atoms with Crippen LogP contribution >= 0.6 is 23.1 Å². The molecule has 0 bridgehead atoms. The van der Waals surface area contributed by atoms with Gasteiger partial charge in [0.1, 0.15) is 5.82 Å². The van der Waals surface area contributed by atoms with Crippen molar-refractivity contribution in [3.8, 4) is 0 Å². The van der Waals surface area contributed by atoms with Gasteiger partial charge in [0.15, 0.2) is 10.1 Å². The zero-order valence-corrected chi connectivity index (χ0v) is 13.8. The fraction of sp³-hybridized carbons (Fsp3) is 0.357. The third-order valence-electron chi connectivity index (χ3n) is 2.76. The number of benzene rings is 1. The summed E-state index contributed by atoms with van der Waals surface area (Å²) in [6.07, 6.45) is 0. The lowest BCUT2D eigenvalue weighted by Gasteiger charge is -2.07. The predicted octanol–water partition coefficient (Wildman–Crippen LogP) is 3.10. The van der Waals surface area contributed by atoms with E-state index < -0.39 is 0 Å². The topological polar surface area (TPSA) is 64.1 Å². The summed E-state index contributed by atoms with van der Waals surface area (Å²) in [7, 11) is 1.63. The number of carbonyl (C=O) groups is 1. The van der Waals surface area contributed by atoms with Gasteiger partial charge in [-0.15, -0.1) is 10.2 Å². The van der Waals surface area contributed by atoms with Crippen molar-refractivity contribution in [2.24, 2.45) is 0 Å². The normalized spacial score (nSPS) is 12.1. The molecule has 1 N–H and O–H groups in total. The van der Waals surface area contributed by atoms with Crippen molar-refractivity contribution in [3.05, 3.63) is 35.6 Å². The number of nitrogens with one attached hydrogen (secondary N) is 1. The Morgan fingerprint density at radius 2 is 2.14 bits per heavy atom. The number of thioether (sulfide) groups is 1. The third kappa shape index (κ3) is 4.75. The van der Waals surface area contributed by atoms with Crippen molar-refractivity contribution in [1.29, 1.82) is 0 Å². The maximum atomic E-state index is 12.9. The summed E-state index contributed by atoms with van der Waals surface area (Å²) in [6.45, 7) is 3.04. The number of methoxy groups -OCH3 is 1. The van der Waals surface area contributed by atoms with E-state index in [1.54, 1.807) is 14.0 Å². The minimum Gasteiger partial charge on any atom is -0.383 e. The molecule has 2 rings (SSSR count). The minimum atomic E-state index is -0.354. The standard InChI is InChI=1S/C14H16FN3O2S2/c1-9(12(19)10-3-5-11(15)6-4-10)21-14-18-17-13(22-14)16-7-8-20-2/h3-6,9H,7-8H2,1-2H3,(H,16,17)/t9-/m0/s1. The summed E-state index contributed by atoms with van der Waals surface area (Å²) in [4.78, 5) is 12.3. The number of ether oxygens (including phenoxy) is 1. The maximum Gasteiger partial charge on any atom is 0.206 e. The molecule has 8 heteroatoms. The molecule has 0 radical (unpaired) electrons. The highest BCUT2D eigenvalue weighted by Gasteiger charge is 2.18. The van der Waals surface area contributed by atoms with E-state index in [9.17, 15) is 9.18 Å². The van der Waals surface area contributed by atoms with Crippen molar-refractivity contribution >= 4 is 34.0 Å². The zero-order chi connectivity index (χ0) is 15.9. The number of carbonyl (C=O) groups excluding carboxylic acids is 1. The van der Waals surface area contributed by atoms with E-state index in [4.69, 9.17) is 4.74 Å². The molecule has 0 amide bonds. The van der Waals surface area contributed by atoms with Gasteiger partial charge in [-0.1, -0.05) is 23.1 Å². The van der Waals surface area contributed by atoms with Crippen molar-refractivity contribution < 1.29 is 13.9 Å². The third-order valence-corrected chi connectivity index (χ3v) is 4.83. The fourth-order valence-electron chi connectivity index (χ4n) is 1.64. The summed E-state index contributed by atoms with van der Waals surface area (Å²) < 4.78 is 18.5. The monoisotopic (exact) mass is 341 g/mol. The Kier molecular flexibility index (Phi) is 6.29. The Hall–Kier alpha value is -1.51. The Bertz CT molecular complexity index is 619. The van der Waals surface area contributed by atoms with Crippen LogP contribution in [0.15, 0.2) is 28.6 Å². The number of ketones is 1. The molecule has 0 fully saturated rings. The van der Waals surface area contributed by atoms with Gasteiger partial charge in [-0.05, 0) is 31.2 Å². The van der Waals surface area contributed by atoms with Gasteiger partial charge in [-0.25, -0.2) is 4.39 Å². The second-order valence-corrected chi connectivity index (χ2v) is 6.99. The minimum absolute atomic E-state index is 0.0610. The van der Waals surface area contributed by atoms with Gasteiger partial charge in [-0.3, -0.25) is 4.79 Å². The number of rotatable bonds is 8. The second kappa shape index (κ2) is 8.21. The highest BCUT2D eigenvalue weighted by molar-refractivity contribution is 8.02. The van der Waals surface area contributed by atoms with Crippen LogP contribution in [0.1, 0.15) is 17.3 Å². The molecule has 0 saturated heterocycles. The van der Waals surface area contributed by atoms with Crippen LogP contribution in [0.5, 0.6) is 0 Å². The summed E-state index contributed by atoms with van der Waals surface area (Å²) in [6, 6.07) is 5.56. The molecule has 0 unspecified atom stereocenters. The van der Waals surface area contributed by atoms with Crippen molar-refractivity contribution in [3.63, 3.8) is 0 Å². The maximum absolute atomic E-state index is 12.9. The van der Waals surface area contributed by atoms with E-state index in [1.165, 1.54) is 47.4 Å². The van der Waals surface area contributed by atoms with Crippen LogP contribution in [0.2, 0.25) is 0 Å². The van der Waals surface area contributed by atoms with Gasteiger partial charge in [0.05, 0.1) is 11.9 Å². The van der Waals surface area contributed by atoms with Crippen LogP contribution in [-0.4, -0.2) is 41.5 Å². The van der Waals surface area contributed by atoms with Crippen LogP contribution in [0.3, 0.4) is 0 Å². The number of anilines is 1. The van der Waals surface area contributed by atoms with Gasteiger partial charge in [0, 0.05) is 19.2 Å². The first-order valence-electron chi connectivity index (χ1n) is 6.63. The second-order valence-electron chi connectivity index (χ2n) is 4.42. The molecule has 118 valence electrons. The fourth-order valence-corrected chi connectivity index (χ4v) is 3.64. The largest absolute Gasteiger partial charge is 0.383 e. The molecule has 1 heterocycles. The molecule has 0 aliphatic heterocycles. The van der Waals surface area contributed by atoms with E-state index in [0.29, 0.717) is 28.2 Å². The molecule has 1 aromatic heterocycles. The lowest BCUT2D eigenvalue weighted by molar-refractivity contribution is 0.0994. The van der Waals surface area contributed by atoms with Crippen LogP contribution in [0.4, 0.5) is 9.52 Å². The van der Waals surface area contributed by atoms with E-state index in [0.717, 1.165) is 0 Å². The lowest BCUT2D eigenvalue weighted by Crippen LogP contribution is -2.13. The quantitative estimate of drug-likeness (QED) is 0.452. The van der Waals surface area contributed by atoms with E-state index >= 15 is 0 Å². The number of aromatic nitrogens is 2. The van der Waals surface area contributed by atoms with Crippen LogP contribution in [0.25, 0.3) is 0 Å². The Morgan fingerprint density at radius 3 is 2.82 bits per heavy atom. The number of nitrogens with zero attached hydrogens (tertiary/aromatic N) is 2. The van der Waals surface area contributed by atoms with Crippen LogP contribution < -0.4 is 5.32 Å². The van der Waals surface area contributed by atoms with Crippen LogP contribution in [-0.2, 0) is 4.74 Å². The van der Waals surface area contributed by atoms with Crippen molar-refractivity contribution in [2.75, 3.05) is 25.6 Å². The van der Waals surface area contributed by atoms with Crippen molar-refractivity contribution in [1.82, 2.24) is 10.2 Å². The molecule has 22 heavy (non-hydrogen) atoms. The number of halogens is 1. The average molecular weight is 341 g/mol. The zero-order valence-electron chi connectivity index (χ0n) is 12.2. The first kappa shape index (κ1) is 16.9. The summed E-state index contributed by atoms with van der Waals surface area (Å²) in [5.74, 6) is -0.415. The number of Topliss-reactive ketones (excluding diaryl/α,β-unsaturated/α-hetero) is 1. The smallest absolute Gasteiger partial charge is 0.206 e. The molecule has 0 spiro atoms. The van der Waals surface area contributed by atoms with Gasteiger partial charge >= 0.3 is 0 Å². The summed E-state index contributed by atoms with van der Waals surface area (Å²) in [5.41, 5.74) is 0.490. The number of hydrogen-bond acceptors (Lipinski definition) is 7. The Morgan fingerprint density at radius 1 is 1.41 bits per heavy atom. The highest BCUT2D eigenvalue weighted by Crippen LogP contribution is 2.30. The van der Waals surface area contributed by atoms with Gasteiger partial charge in [0.25, 0.3) is 0 Å². The molecule has 0 aliphatic carbocycles. The van der Waals surface area contributed by atoms with Crippen molar-refractivity contribution in [2.45, 2.75) is 16.5 Å². The first-order valence-corrected chi connectivity index (χ1v) is 8.32. The lowest BCUT2D eigenvalue weighted by atomic mass is 10.1. The van der Waals surface area contributed by atoms with E-state index in [2.05, 4.69) is 15.5 Å². The summed E-state index contributed by atoms with van der Waals surface area (Å²) in [5, 5.41) is 11.5. The average Bonchev–Trinajstić information content (AvgIpc) is 2.95. The molecule has 0 aliphatic rings. The Balaban J connectivity index is 1.92. The molecule has 0 saturated carbocycles. The highest BCUT2D eigenvalue weighted by atomic mass is 32.2. The molecular weight excluding hydrogens is 325 g/mol. The van der Waals surface area contributed by atoms with Gasteiger partial charge in [0.2, 0.25) is 5.13 Å². The van der Waals surface area contributed by atoms with E-state index in [-0.39, 0.29) is 16.9 Å². The molecule has 1 atom stereocenters. The molecule has 1 aromatic carbocycles. The molecular formula is C14H16FN3O2S2. The SMILES string of the molecule is COCCNc1nnc(S[C@@H](C)C(=O)c2ccc(F)cc2)s1. The first-order chi connectivity index (χ1) is 10.6. The molecule has 2 aromatic rings. The molecule has 5 nitrogen and oxygen atoms in total. The van der Waals surface area contributed by atoms with Crippen LogP contribution in [0, 0.1) is 5.82 Å². The van der Waals surface area contributed by atoms with E-state index in [1.807, 2.05) is 0 Å². The summed E-state index contributed by atoms with van der Waals surface area (Å²) >= 11 is 2.73. The predicted molar refractivity (Wildman–Crippen MR) is 86.3 cm³/mol. The number of hydrogen-bond donors (Lipinski definition) is 1. The van der Waals surface area contributed by atoms with Gasteiger partial charge in [-0.2, -0.15) is 0 Å². The Labute approximate surface area is 136 Å². The van der Waals surface area contributed by atoms with Gasteiger partial charge < -0.3 is 10.1 Å².